The van der Waals surface area contributed by atoms with Gasteiger partial charge in [-0.15, -0.1) is 0 Å². The molecule has 1 aliphatic carbocycles. The summed E-state index contributed by atoms with van der Waals surface area (Å²) in [5, 5.41) is 0. The molecule has 1 rings (SSSR count). The predicted octanol–water partition coefficient (Wildman–Crippen LogP) is 3.70. The van der Waals surface area contributed by atoms with Crippen LogP contribution in [-0.4, -0.2) is 22.1 Å². The van der Waals surface area contributed by atoms with E-state index in [2.05, 4.69) is 0 Å². The van der Waals surface area contributed by atoms with Gasteiger partial charge in [-0.05, 0) is 18.3 Å². The lowest BCUT2D eigenvalue weighted by Gasteiger charge is -2.31. The van der Waals surface area contributed by atoms with Crippen molar-refractivity contribution >= 4 is 7.60 Å². The highest BCUT2D eigenvalue weighted by atomic mass is 31.2. The van der Waals surface area contributed by atoms with Crippen LogP contribution in [0.3, 0.4) is 0 Å². The fraction of sp³-hybridized carbons (Fsp3) is 1.00. The molecular weight excluding hydrogens is 268 g/mol. The van der Waals surface area contributed by atoms with E-state index in [0.717, 1.165) is 32.1 Å². The van der Waals surface area contributed by atoms with Gasteiger partial charge in [0.25, 0.3) is 0 Å². The van der Waals surface area contributed by atoms with E-state index in [1.165, 1.54) is 0 Å². The topological polar surface area (TPSA) is 57.5 Å². The van der Waals surface area contributed by atoms with Crippen LogP contribution in [0, 0.1) is 11.8 Å². The summed E-state index contributed by atoms with van der Waals surface area (Å²) >= 11 is 0. The van der Waals surface area contributed by atoms with Gasteiger partial charge < -0.3 is 9.79 Å². The molecule has 0 saturated heterocycles. The Morgan fingerprint density at radius 3 is 2.17 bits per heavy atom. The van der Waals surface area contributed by atoms with Crippen LogP contribution in [0.4, 0.5) is 13.2 Å². The maximum atomic E-state index is 12.5. The standard InChI is InChI=1S/C11H20F3O3P/c12-11(13,14)8-10(6-7-18(15,16)17)9-4-2-1-3-5-9/h9-10H,1-8H2,(H2,15,16,17). The zero-order valence-electron chi connectivity index (χ0n) is 10.2. The number of hydrogen-bond acceptors (Lipinski definition) is 1. The van der Waals surface area contributed by atoms with Crippen molar-refractivity contribution in [2.24, 2.45) is 11.8 Å². The monoisotopic (exact) mass is 288 g/mol. The van der Waals surface area contributed by atoms with Gasteiger partial charge in [-0.1, -0.05) is 32.1 Å². The Labute approximate surface area is 105 Å². The van der Waals surface area contributed by atoms with Crippen LogP contribution in [-0.2, 0) is 4.57 Å². The third-order valence-electron chi connectivity index (χ3n) is 3.60. The number of rotatable bonds is 5. The average Bonchev–Trinajstić information content (AvgIpc) is 2.23. The molecule has 0 heterocycles. The van der Waals surface area contributed by atoms with Crippen molar-refractivity contribution in [3.05, 3.63) is 0 Å². The molecule has 1 aliphatic rings. The van der Waals surface area contributed by atoms with Crippen LogP contribution in [0.1, 0.15) is 44.9 Å². The quantitative estimate of drug-likeness (QED) is 0.758. The largest absolute Gasteiger partial charge is 0.389 e. The Kier molecular flexibility index (Phi) is 5.68. The molecule has 0 aromatic heterocycles. The molecule has 2 N–H and O–H groups in total. The molecule has 0 amide bonds. The molecule has 1 fully saturated rings. The van der Waals surface area contributed by atoms with E-state index in [1.807, 2.05) is 0 Å². The summed E-state index contributed by atoms with van der Waals surface area (Å²) < 4.78 is 48.3. The van der Waals surface area contributed by atoms with Gasteiger partial charge in [0.1, 0.15) is 0 Å². The van der Waals surface area contributed by atoms with Gasteiger partial charge in [-0.25, -0.2) is 0 Å². The van der Waals surface area contributed by atoms with E-state index in [0.29, 0.717) is 0 Å². The molecule has 0 aliphatic heterocycles. The van der Waals surface area contributed by atoms with Gasteiger partial charge in [-0.2, -0.15) is 13.2 Å². The van der Waals surface area contributed by atoms with Crippen molar-refractivity contribution in [1.82, 2.24) is 0 Å². The van der Waals surface area contributed by atoms with Crippen molar-refractivity contribution in [3.8, 4) is 0 Å². The molecule has 7 heteroatoms. The molecule has 0 spiro atoms. The van der Waals surface area contributed by atoms with E-state index in [-0.39, 0.29) is 12.3 Å². The molecule has 18 heavy (non-hydrogen) atoms. The van der Waals surface area contributed by atoms with Crippen LogP contribution >= 0.6 is 7.60 Å². The summed E-state index contributed by atoms with van der Waals surface area (Å²) in [4.78, 5) is 17.6. The maximum Gasteiger partial charge on any atom is 0.389 e. The van der Waals surface area contributed by atoms with Crippen molar-refractivity contribution in [3.63, 3.8) is 0 Å². The van der Waals surface area contributed by atoms with Gasteiger partial charge in [0, 0.05) is 6.42 Å². The Hall–Kier alpha value is -0.0600. The summed E-state index contributed by atoms with van der Waals surface area (Å²) in [6.07, 6.45) is -1.24. The van der Waals surface area contributed by atoms with Crippen LogP contribution in [0.15, 0.2) is 0 Å². The minimum atomic E-state index is -4.25. The fourth-order valence-electron chi connectivity index (χ4n) is 2.74. The van der Waals surface area contributed by atoms with Crippen LogP contribution in [0.5, 0.6) is 0 Å². The highest BCUT2D eigenvalue weighted by Gasteiger charge is 2.36. The van der Waals surface area contributed by atoms with Gasteiger partial charge in [0.2, 0.25) is 0 Å². The van der Waals surface area contributed by atoms with Gasteiger partial charge in [-0.3, -0.25) is 4.57 Å². The lowest BCUT2D eigenvalue weighted by atomic mass is 9.77. The second-order valence-electron chi connectivity index (χ2n) is 5.15. The van der Waals surface area contributed by atoms with Crippen molar-refractivity contribution < 1.29 is 27.5 Å². The first-order chi connectivity index (χ1) is 8.17. The number of halogens is 3. The Morgan fingerprint density at radius 1 is 1.17 bits per heavy atom. The van der Waals surface area contributed by atoms with Crippen LogP contribution in [0.25, 0.3) is 0 Å². The summed E-state index contributed by atoms with van der Waals surface area (Å²) in [7, 11) is -4.20. The smallest absolute Gasteiger partial charge is 0.324 e. The first-order valence-corrected chi connectivity index (χ1v) is 8.08. The molecule has 0 aromatic carbocycles. The minimum absolute atomic E-state index is 0.0333. The minimum Gasteiger partial charge on any atom is -0.324 e. The SMILES string of the molecule is O=P(O)(O)CCC(CC(F)(F)F)C1CCCCC1. The molecule has 0 aromatic rings. The Bertz CT molecular complexity index is 294. The van der Waals surface area contributed by atoms with E-state index in [1.54, 1.807) is 0 Å². The van der Waals surface area contributed by atoms with E-state index in [4.69, 9.17) is 9.79 Å². The molecule has 1 unspecified atom stereocenters. The molecule has 0 bridgehead atoms. The third-order valence-corrected chi connectivity index (χ3v) is 4.44. The molecular formula is C11H20F3O3P. The summed E-state index contributed by atoms with van der Waals surface area (Å²) in [6, 6.07) is 0. The molecule has 1 atom stereocenters. The maximum absolute atomic E-state index is 12.5. The van der Waals surface area contributed by atoms with E-state index >= 15 is 0 Å². The number of hydrogen-bond donors (Lipinski definition) is 2. The highest BCUT2D eigenvalue weighted by molar-refractivity contribution is 7.51. The lowest BCUT2D eigenvalue weighted by Crippen LogP contribution is -2.25. The van der Waals surface area contributed by atoms with Gasteiger partial charge >= 0.3 is 13.8 Å². The van der Waals surface area contributed by atoms with Crippen LogP contribution in [0.2, 0.25) is 0 Å². The predicted molar refractivity (Wildman–Crippen MR) is 62.3 cm³/mol. The summed E-state index contributed by atoms with van der Waals surface area (Å²) in [5.74, 6) is -0.676. The number of alkyl halides is 3. The van der Waals surface area contributed by atoms with E-state index < -0.39 is 32.3 Å². The zero-order chi connectivity index (χ0) is 13.8. The van der Waals surface area contributed by atoms with Crippen molar-refractivity contribution in [2.45, 2.75) is 51.1 Å². The van der Waals surface area contributed by atoms with Crippen molar-refractivity contribution in [1.29, 1.82) is 0 Å². The molecule has 3 nitrogen and oxygen atoms in total. The summed E-state index contributed by atoms with van der Waals surface area (Å²) in [6.45, 7) is 0. The highest BCUT2D eigenvalue weighted by Crippen LogP contribution is 2.43. The fourth-order valence-corrected chi connectivity index (χ4v) is 3.41. The Balaban J connectivity index is 2.59. The van der Waals surface area contributed by atoms with Crippen LogP contribution < -0.4 is 0 Å². The summed E-state index contributed by atoms with van der Waals surface area (Å²) in [5.41, 5.74) is 0. The first kappa shape index (κ1) is 16.0. The zero-order valence-corrected chi connectivity index (χ0v) is 11.1. The third kappa shape index (κ3) is 6.76. The van der Waals surface area contributed by atoms with Gasteiger partial charge in [0.15, 0.2) is 0 Å². The molecule has 108 valence electrons. The molecule has 1 saturated carbocycles. The Morgan fingerprint density at radius 2 is 1.72 bits per heavy atom. The van der Waals surface area contributed by atoms with E-state index in [9.17, 15) is 17.7 Å². The molecule has 0 radical (unpaired) electrons. The first-order valence-electron chi connectivity index (χ1n) is 6.29. The second kappa shape index (κ2) is 6.40. The average molecular weight is 288 g/mol. The van der Waals surface area contributed by atoms with Gasteiger partial charge in [0.05, 0.1) is 6.16 Å². The lowest BCUT2D eigenvalue weighted by molar-refractivity contribution is -0.149. The normalized spacial score (nSPS) is 20.9. The van der Waals surface area contributed by atoms with Crippen molar-refractivity contribution in [2.75, 3.05) is 6.16 Å². The second-order valence-corrected chi connectivity index (χ2v) is 6.93.